The number of anilines is 1. The maximum absolute atomic E-state index is 5.71. The highest BCUT2D eigenvalue weighted by atomic mass is 16.5. The Hall–Kier alpha value is -1.33. The molecule has 0 spiro atoms. The van der Waals surface area contributed by atoms with Gasteiger partial charge in [-0.2, -0.15) is 0 Å². The van der Waals surface area contributed by atoms with Crippen LogP contribution in [0.2, 0.25) is 0 Å². The maximum Gasteiger partial charge on any atom is 0.137 e. The molecule has 0 amide bonds. The summed E-state index contributed by atoms with van der Waals surface area (Å²) in [5.74, 6) is 1.70. The van der Waals surface area contributed by atoms with E-state index in [1.807, 2.05) is 12.1 Å². The van der Waals surface area contributed by atoms with Gasteiger partial charge in [-0.3, -0.25) is 0 Å². The summed E-state index contributed by atoms with van der Waals surface area (Å²) in [5, 5.41) is 0. The number of ether oxygens (including phenoxy) is 2. The number of aromatic nitrogens is 1. The number of morpholine rings is 1. The van der Waals surface area contributed by atoms with E-state index >= 15 is 0 Å². The third-order valence-electron chi connectivity index (χ3n) is 2.75. The Labute approximate surface area is 95.2 Å². The van der Waals surface area contributed by atoms with Crippen LogP contribution in [0, 0.1) is 0 Å². The van der Waals surface area contributed by atoms with Crippen LogP contribution >= 0.6 is 0 Å². The molecule has 2 N–H and O–H groups in total. The molecular formula is C11H17N3O2. The van der Waals surface area contributed by atoms with Gasteiger partial charge in [0, 0.05) is 13.1 Å². The molecule has 88 valence electrons. The van der Waals surface area contributed by atoms with Crippen LogP contribution in [0.4, 0.5) is 5.82 Å². The van der Waals surface area contributed by atoms with E-state index < -0.39 is 0 Å². The van der Waals surface area contributed by atoms with Gasteiger partial charge >= 0.3 is 0 Å². The summed E-state index contributed by atoms with van der Waals surface area (Å²) in [6, 6.07) is 4.08. The van der Waals surface area contributed by atoms with Crippen molar-refractivity contribution in [2.75, 3.05) is 38.3 Å². The fraction of sp³-hybridized carbons (Fsp3) is 0.545. The Bertz CT molecular complexity index is 329. The largest absolute Gasteiger partial charge is 0.495 e. The molecule has 5 nitrogen and oxygen atoms in total. The number of hydrogen-bond donors (Lipinski definition) is 1. The number of pyridine rings is 1. The predicted octanol–water partition coefficient (Wildman–Crippen LogP) is 0.254. The van der Waals surface area contributed by atoms with E-state index in [1.54, 1.807) is 13.3 Å². The molecule has 16 heavy (non-hydrogen) atoms. The number of nitrogens with two attached hydrogens (primary N) is 1. The van der Waals surface area contributed by atoms with E-state index in [9.17, 15) is 0 Å². The molecule has 1 fully saturated rings. The third-order valence-corrected chi connectivity index (χ3v) is 2.75. The minimum atomic E-state index is 0.217. The van der Waals surface area contributed by atoms with Gasteiger partial charge in [0.25, 0.3) is 0 Å². The van der Waals surface area contributed by atoms with Crippen LogP contribution in [0.15, 0.2) is 18.3 Å². The van der Waals surface area contributed by atoms with Crippen molar-refractivity contribution in [3.63, 3.8) is 0 Å². The smallest absolute Gasteiger partial charge is 0.137 e. The topological polar surface area (TPSA) is 60.6 Å². The summed E-state index contributed by atoms with van der Waals surface area (Å²) in [5.41, 5.74) is 5.71. The van der Waals surface area contributed by atoms with Gasteiger partial charge in [-0.15, -0.1) is 0 Å². The molecule has 1 unspecified atom stereocenters. The average molecular weight is 223 g/mol. The van der Waals surface area contributed by atoms with Crippen LogP contribution in [0.25, 0.3) is 0 Å². The lowest BCUT2D eigenvalue weighted by Gasteiger charge is -2.35. The fourth-order valence-corrected chi connectivity index (χ4v) is 1.81. The highest BCUT2D eigenvalue weighted by Gasteiger charge is 2.22. The van der Waals surface area contributed by atoms with Gasteiger partial charge in [0.1, 0.15) is 11.6 Å². The number of methoxy groups -OCH3 is 1. The van der Waals surface area contributed by atoms with Crippen LogP contribution in [-0.2, 0) is 4.74 Å². The molecule has 1 aromatic rings. The zero-order valence-electron chi connectivity index (χ0n) is 9.43. The second-order valence-electron chi connectivity index (χ2n) is 3.71. The normalized spacial score (nSPS) is 20.9. The zero-order chi connectivity index (χ0) is 11.4. The molecule has 2 heterocycles. The summed E-state index contributed by atoms with van der Waals surface area (Å²) < 4.78 is 10.5. The minimum absolute atomic E-state index is 0.217. The van der Waals surface area contributed by atoms with Crippen molar-refractivity contribution in [2.45, 2.75) is 6.04 Å². The summed E-state index contributed by atoms with van der Waals surface area (Å²) >= 11 is 0. The lowest BCUT2D eigenvalue weighted by Crippen LogP contribution is -2.49. The van der Waals surface area contributed by atoms with Crippen LogP contribution in [0.1, 0.15) is 0 Å². The second kappa shape index (κ2) is 5.14. The first-order valence-electron chi connectivity index (χ1n) is 5.39. The minimum Gasteiger partial charge on any atom is -0.495 e. The van der Waals surface area contributed by atoms with Gasteiger partial charge < -0.3 is 20.1 Å². The molecule has 0 radical (unpaired) electrons. The van der Waals surface area contributed by atoms with Crippen LogP contribution < -0.4 is 15.4 Å². The van der Waals surface area contributed by atoms with Gasteiger partial charge in [-0.1, -0.05) is 0 Å². The Kier molecular flexibility index (Phi) is 3.58. The molecule has 0 bridgehead atoms. The van der Waals surface area contributed by atoms with Crippen molar-refractivity contribution in [1.82, 2.24) is 4.98 Å². The van der Waals surface area contributed by atoms with Crippen LogP contribution in [0.5, 0.6) is 5.75 Å². The maximum atomic E-state index is 5.71. The van der Waals surface area contributed by atoms with E-state index in [2.05, 4.69) is 9.88 Å². The summed E-state index contributed by atoms with van der Waals surface area (Å²) in [7, 11) is 1.63. The predicted molar refractivity (Wildman–Crippen MR) is 61.8 cm³/mol. The van der Waals surface area contributed by atoms with Crippen molar-refractivity contribution >= 4 is 5.82 Å². The molecule has 0 aliphatic carbocycles. The molecule has 0 aromatic carbocycles. The van der Waals surface area contributed by atoms with E-state index in [1.165, 1.54) is 0 Å². The van der Waals surface area contributed by atoms with Crippen molar-refractivity contribution in [3.8, 4) is 5.75 Å². The molecule has 1 aromatic heterocycles. The molecule has 1 aliphatic rings. The van der Waals surface area contributed by atoms with Crippen LogP contribution in [-0.4, -0.2) is 44.4 Å². The van der Waals surface area contributed by atoms with Gasteiger partial charge in [-0.05, 0) is 12.1 Å². The van der Waals surface area contributed by atoms with Crippen molar-refractivity contribution in [2.24, 2.45) is 5.73 Å². The highest BCUT2D eigenvalue weighted by molar-refractivity contribution is 5.42. The van der Waals surface area contributed by atoms with Gasteiger partial charge in [0.2, 0.25) is 0 Å². The molecule has 2 rings (SSSR count). The second-order valence-corrected chi connectivity index (χ2v) is 3.71. The first-order chi connectivity index (χ1) is 7.85. The Balaban J connectivity index is 2.14. The standard InChI is InChI=1S/C11H17N3O2/c1-15-10-2-3-11(13-7-10)14-4-5-16-8-9(14)6-12/h2-3,7,9H,4-6,8,12H2,1H3. The summed E-state index contributed by atoms with van der Waals surface area (Å²) in [4.78, 5) is 6.54. The number of hydrogen-bond acceptors (Lipinski definition) is 5. The number of rotatable bonds is 3. The first-order valence-corrected chi connectivity index (χ1v) is 5.39. The molecule has 1 aliphatic heterocycles. The third kappa shape index (κ3) is 2.25. The van der Waals surface area contributed by atoms with Gasteiger partial charge in [0.15, 0.2) is 0 Å². The van der Waals surface area contributed by atoms with Crippen molar-refractivity contribution in [3.05, 3.63) is 18.3 Å². The lowest BCUT2D eigenvalue weighted by molar-refractivity contribution is 0.0958. The lowest BCUT2D eigenvalue weighted by atomic mass is 10.2. The first kappa shape index (κ1) is 11.2. The van der Waals surface area contributed by atoms with E-state index in [-0.39, 0.29) is 6.04 Å². The Morgan fingerprint density at radius 1 is 1.62 bits per heavy atom. The SMILES string of the molecule is COc1ccc(N2CCOCC2CN)nc1. The highest BCUT2D eigenvalue weighted by Crippen LogP contribution is 2.19. The summed E-state index contributed by atoms with van der Waals surface area (Å²) in [6.07, 6.45) is 1.72. The van der Waals surface area contributed by atoms with Crippen molar-refractivity contribution < 1.29 is 9.47 Å². The molecular weight excluding hydrogens is 206 g/mol. The van der Waals surface area contributed by atoms with Gasteiger partial charge in [-0.25, -0.2) is 4.98 Å². The van der Waals surface area contributed by atoms with Crippen LogP contribution in [0.3, 0.4) is 0 Å². The van der Waals surface area contributed by atoms with Gasteiger partial charge in [0.05, 0.1) is 32.6 Å². The molecule has 1 saturated heterocycles. The molecule has 0 saturated carbocycles. The fourth-order valence-electron chi connectivity index (χ4n) is 1.81. The van der Waals surface area contributed by atoms with Crippen molar-refractivity contribution in [1.29, 1.82) is 0 Å². The average Bonchev–Trinajstić information content (AvgIpc) is 2.39. The number of nitrogens with zero attached hydrogens (tertiary/aromatic N) is 2. The monoisotopic (exact) mass is 223 g/mol. The summed E-state index contributed by atoms with van der Waals surface area (Å²) in [6.45, 7) is 2.81. The quantitative estimate of drug-likeness (QED) is 0.796. The van der Waals surface area contributed by atoms with E-state index in [0.717, 1.165) is 24.7 Å². The molecule has 5 heteroatoms. The Morgan fingerprint density at radius 2 is 2.50 bits per heavy atom. The van der Waals surface area contributed by atoms with E-state index in [4.69, 9.17) is 15.2 Å². The van der Waals surface area contributed by atoms with E-state index in [0.29, 0.717) is 13.2 Å². The zero-order valence-corrected chi connectivity index (χ0v) is 9.43. The Morgan fingerprint density at radius 3 is 3.12 bits per heavy atom. The molecule has 1 atom stereocenters.